The molecule has 0 radical (unpaired) electrons. The van der Waals surface area contributed by atoms with Crippen molar-refractivity contribution in [2.75, 3.05) is 5.75 Å². The Balaban J connectivity index is 2.48. The summed E-state index contributed by atoms with van der Waals surface area (Å²) < 4.78 is 0. The molecule has 0 unspecified atom stereocenters. The van der Waals surface area contributed by atoms with E-state index in [2.05, 4.69) is 34.8 Å². The normalized spacial score (nSPS) is 10.7. The number of alkyl halides is 1. The van der Waals surface area contributed by atoms with Gasteiger partial charge in [0, 0.05) is 16.0 Å². The van der Waals surface area contributed by atoms with E-state index in [1.165, 1.54) is 27.8 Å². The molecule has 0 saturated heterocycles. The second-order valence-corrected chi connectivity index (χ2v) is 5.64. The summed E-state index contributed by atoms with van der Waals surface area (Å²) in [6.45, 7) is 4.30. The molecule has 0 atom stereocenters. The van der Waals surface area contributed by atoms with Gasteiger partial charge in [0.1, 0.15) is 5.01 Å². The summed E-state index contributed by atoms with van der Waals surface area (Å²) in [4.78, 5) is 5.89. The fourth-order valence-electron chi connectivity index (χ4n) is 0.978. The molecule has 1 heterocycles. The number of hydrogen-bond acceptors (Lipinski definition) is 3. The lowest BCUT2D eigenvalue weighted by Crippen LogP contribution is -1.81. The van der Waals surface area contributed by atoms with Gasteiger partial charge < -0.3 is 0 Å². The highest BCUT2D eigenvalue weighted by Gasteiger charge is 2.05. The highest BCUT2D eigenvalue weighted by molar-refractivity contribution is 9.08. The van der Waals surface area contributed by atoms with Crippen LogP contribution in [0.2, 0.25) is 0 Å². The molecule has 0 spiro atoms. The number of rotatable bonds is 5. The topological polar surface area (TPSA) is 12.9 Å². The number of aryl methyl sites for hydroxylation is 1. The third-order valence-corrected chi connectivity index (χ3v) is 5.08. The molecule has 0 aliphatic rings. The summed E-state index contributed by atoms with van der Waals surface area (Å²) >= 11 is 7.27. The van der Waals surface area contributed by atoms with Crippen molar-refractivity contribution in [1.29, 1.82) is 0 Å². The van der Waals surface area contributed by atoms with E-state index in [1.54, 1.807) is 0 Å². The van der Waals surface area contributed by atoms with E-state index in [0.717, 1.165) is 11.1 Å². The third kappa shape index (κ3) is 3.60. The van der Waals surface area contributed by atoms with E-state index in [9.17, 15) is 0 Å². The minimum atomic E-state index is 0.939. The highest BCUT2D eigenvalue weighted by Crippen LogP contribution is 2.24. The summed E-state index contributed by atoms with van der Waals surface area (Å²) in [5.74, 6) is 2.31. The highest BCUT2D eigenvalue weighted by atomic mass is 79.9. The SMILES string of the molecule is CCCSCc1nc(C)c(CBr)s1. The first-order chi connectivity index (χ1) is 6.27. The van der Waals surface area contributed by atoms with Gasteiger partial charge in [-0.2, -0.15) is 11.8 Å². The van der Waals surface area contributed by atoms with Gasteiger partial charge in [-0.05, 0) is 19.1 Å². The molecule has 0 fully saturated rings. The van der Waals surface area contributed by atoms with Crippen LogP contribution in [-0.4, -0.2) is 10.7 Å². The molecule has 0 amide bonds. The monoisotopic (exact) mass is 279 g/mol. The molecule has 0 N–H and O–H groups in total. The molecule has 13 heavy (non-hydrogen) atoms. The lowest BCUT2D eigenvalue weighted by atomic mass is 10.4. The van der Waals surface area contributed by atoms with Crippen molar-refractivity contribution in [2.24, 2.45) is 0 Å². The van der Waals surface area contributed by atoms with E-state index in [1.807, 2.05) is 23.1 Å². The van der Waals surface area contributed by atoms with Crippen LogP contribution in [0.1, 0.15) is 28.9 Å². The van der Waals surface area contributed by atoms with Crippen molar-refractivity contribution in [3.63, 3.8) is 0 Å². The van der Waals surface area contributed by atoms with Crippen LogP contribution < -0.4 is 0 Å². The Bertz CT molecular complexity index is 260. The molecule has 1 rings (SSSR count). The number of thiazole rings is 1. The molecule has 1 aromatic rings. The average Bonchev–Trinajstić information content (AvgIpc) is 2.47. The van der Waals surface area contributed by atoms with E-state index >= 15 is 0 Å². The Morgan fingerprint density at radius 1 is 1.54 bits per heavy atom. The van der Waals surface area contributed by atoms with Gasteiger partial charge in [-0.1, -0.05) is 22.9 Å². The third-order valence-electron chi connectivity index (χ3n) is 1.63. The minimum absolute atomic E-state index is 0.939. The zero-order chi connectivity index (χ0) is 9.68. The Labute approximate surface area is 96.5 Å². The van der Waals surface area contributed by atoms with Gasteiger partial charge >= 0.3 is 0 Å². The second kappa shape index (κ2) is 6.04. The van der Waals surface area contributed by atoms with Crippen molar-refractivity contribution in [2.45, 2.75) is 31.4 Å². The van der Waals surface area contributed by atoms with Crippen molar-refractivity contribution in [1.82, 2.24) is 4.98 Å². The maximum Gasteiger partial charge on any atom is 0.103 e. The van der Waals surface area contributed by atoms with E-state index in [4.69, 9.17) is 0 Å². The molecule has 1 nitrogen and oxygen atoms in total. The first kappa shape index (κ1) is 11.5. The minimum Gasteiger partial charge on any atom is -0.245 e. The van der Waals surface area contributed by atoms with Gasteiger partial charge in [0.15, 0.2) is 0 Å². The standard InChI is InChI=1S/C9H14BrNS2/c1-3-4-12-6-9-11-7(2)8(5-10)13-9/h3-6H2,1-2H3. The number of nitrogens with zero attached hydrogens (tertiary/aromatic N) is 1. The number of thioether (sulfide) groups is 1. The maximum atomic E-state index is 4.52. The van der Waals surface area contributed by atoms with Gasteiger partial charge in [0.2, 0.25) is 0 Å². The molecule has 1 aromatic heterocycles. The average molecular weight is 280 g/mol. The fourth-order valence-corrected chi connectivity index (χ4v) is 3.60. The predicted molar refractivity (Wildman–Crippen MR) is 65.9 cm³/mol. The summed E-state index contributed by atoms with van der Waals surface area (Å²) in [6, 6.07) is 0. The first-order valence-corrected chi connectivity index (χ1v) is 7.46. The molecular weight excluding hydrogens is 266 g/mol. The summed E-state index contributed by atoms with van der Waals surface area (Å²) in [6.07, 6.45) is 1.25. The molecule has 74 valence electrons. The van der Waals surface area contributed by atoms with E-state index in [-0.39, 0.29) is 0 Å². The molecule has 0 aliphatic heterocycles. The molecule has 4 heteroatoms. The van der Waals surface area contributed by atoms with Gasteiger partial charge in [-0.3, -0.25) is 0 Å². The smallest absolute Gasteiger partial charge is 0.103 e. The number of aromatic nitrogens is 1. The van der Waals surface area contributed by atoms with Crippen LogP contribution in [0.25, 0.3) is 0 Å². The van der Waals surface area contributed by atoms with Crippen LogP contribution in [0.5, 0.6) is 0 Å². The quantitative estimate of drug-likeness (QED) is 0.597. The summed E-state index contributed by atoms with van der Waals surface area (Å²) in [5.41, 5.74) is 1.19. The summed E-state index contributed by atoms with van der Waals surface area (Å²) in [5, 5.41) is 2.21. The Hall–Kier alpha value is 0.460. The zero-order valence-corrected chi connectivity index (χ0v) is 11.2. The lowest BCUT2D eigenvalue weighted by Gasteiger charge is -1.93. The van der Waals surface area contributed by atoms with Crippen molar-refractivity contribution in [3.05, 3.63) is 15.6 Å². The van der Waals surface area contributed by atoms with Crippen LogP contribution in [0.3, 0.4) is 0 Å². The van der Waals surface area contributed by atoms with Gasteiger partial charge in [-0.25, -0.2) is 4.98 Å². The summed E-state index contributed by atoms with van der Waals surface area (Å²) in [7, 11) is 0. The van der Waals surface area contributed by atoms with E-state index in [0.29, 0.717) is 0 Å². The number of halogens is 1. The fraction of sp³-hybridized carbons (Fsp3) is 0.667. The van der Waals surface area contributed by atoms with Gasteiger partial charge in [0.05, 0.1) is 5.69 Å². The van der Waals surface area contributed by atoms with Gasteiger partial charge in [0.25, 0.3) is 0 Å². The predicted octanol–water partition coefficient (Wildman–Crippen LogP) is 3.99. The van der Waals surface area contributed by atoms with E-state index < -0.39 is 0 Å². The van der Waals surface area contributed by atoms with Crippen LogP contribution in [-0.2, 0) is 11.1 Å². The van der Waals surface area contributed by atoms with Crippen LogP contribution in [0, 0.1) is 6.92 Å². The van der Waals surface area contributed by atoms with Gasteiger partial charge in [-0.15, -0.1) is 11.3 Å². The molecule has 0 aliphatic carbocycles. The largest absolute Gasteiger partial charge is 0.245 e. The van der Waals surface area contributed by atoms with Crippen molar-refractivity contribution < 1.29 is 0 Å². The Morgan fingerprint density at radius 3 is 2.85 bits per heavy atom. The first-order valence-electron chi connectivity index (χ1n) is 4.36. The second-order valence-electron chi connectivity index (χ2n) is 2.80. The molecular formula is C9H14BrNS2. The Kier molecular flexibility index (Phi) is 5.36. The lowest BCUT2D eigenvalue weighted by molar-refractivity contribution is 1.10. The molecule has 0 saturated carbocycles. The van der Waals surface area contributed by atoms with Crippen LogP contribution in [0.4, 0.5) is 0 Å². The van der Waals surface area contributed by atoms with Crippen LogP contribution >= 0.6 is 39.0 Å². The zero-order valence-electron chi connectivity index (χ0n) is 7.97. The Morgan fingerprint density at radius 2 is 2.31 bits per heavy atom. The molecule has 0 bridgehead atoms. The molecule has 0 aromatic carbocycles. The van der Waals surface area contributed by atoms with Crippen molar-refractivity contribution >= 4 is 39.0 Å². The number of hydrogen-bond donors (Lipinski definition) is 0. The maximum absolute atomic E-state index is 4.52. The van der Waals surface area contributed by atoms with Crippen LogP contribution in [0.15, 0.2) is 0 Å². The van der Waals surface area contributed by atoms with Crippen molar-refractivity contribution in [3.8, 4) is 0 Å².